The summed E-state index contributed by atoms with van der Waals surface area (Å²) in [7, 11) is -4.81. The number of hydrogen-bond acceptors (Lipinski definition) is 1. The van der Waals surface area contributed by atoms with Crippen molar-refractivity contribution >= 4 is 94.4 Å². The average Bonchev–Trinajstić information content (AvgIpc) is 1.71. The van der Waals surface area contributed by atoms with Gasteiger partial charge in [0.1, 0.15) is 5.58 Å². The molecule has 0 atom stereocenters. The molecule has 13 rings (SSSR count). The molecule has 3 aromatic heterocycles. The maximum Gasteiger partial charge on any atom is 0.179 e. The largest absolute Gasteiger partial charge is 0.454 e. The molecule has 0 saturated heterocycles. The van der Waals surface area contributed by atoms with E-state index in [-0.39, 0.29) is 54.7 Å². The summed E-state index contributed by atoms with van der Waals surface area (Å²) in [6.07, 6.45) is 0. The van der Waals surface area contributed by atoms with Crippen molar-refractivity contribution in [2.75, 3.05) is 0 Å². The van der Waals surface area contributed by atoms with E-state index < -0.39 is 146 Å². The second-order valence-corrected chi connectivity index (χ2v) is 18.8. The van der Waals surface area contributed by atoms with E-state index in [4.69, 9.17) is 19.5 Å². The number of rotatable bonds is 7. The zero-order valence-corrected chi connectivity index (χ0v) is 34.3. The lowest BCUT2D eigenvalue weighted by Crippen LogP contribution is -2.74. The number of hydrogen-bond donors (Lipinski definition) is 0. The van der Waals surface area contributed by atoms with Gasteiger partial charge in [0.25, 0.3) is 0 Å². The first kappa shape index (κ1) is 21.3. The molecule has 64 heavy (non-hydrogen) atoms. The van der Waals surface area contributed by atoms with E-state index in [0.717, 1.165) is 0 Å². The molecule has 10 aromatic carbocycles. The smallest absolute Gasteiger partial charge is 0.179 e. The van der Waals surface area contributed by atoms with E-state index >= 15 is 0 Å². The van der Waals surface area contributed by atoms with Crippen LogP contribution < -0.4 is 20.7 Å². The second kappa shape index (κ2) is 14.5. The minimum absolute atomic E-state index is 0.0488. The predicted octanol–water partition coefficient (Wildman–Crippen LogP) is 12.8. The molecule has 3 nitrogen and oxygen atoms in total. The van der Waals surface area contributed by atoms with Gasteiger partial charge in [0, 0.05) is 32.6 Å². The molecular weight excluding hydrogens is 793 g/mol. The fourth-order valence-corrected chi connectivity index (χ4v) is 13.4. The molecule has 0 unspecified atom stereocenters. The Labute approximate surface area is 400 Å². The summed E-state index contributed by atoms with van der Waals surface area (Å²) >= 11 is 0. The molecule has 4 heteroatoms. The molecule has 0 amide bonds. The van der Waals surface area contributed by atoms with Crippen molar-refractivity contribution < 1.29 is 33.2 Å². The van der Waals surface area contributed by atoms with Crippen LogP contribution in [-0.4, -0.2) is 17.2 Å². The van der Waals surface area contributed by atoms with Crippen LogP contribution in [0.15, 0.2) is 247 Å². The molecule has 0 spiro atoms. The van der Waals surface area contributed by atoms with E-state index in [9.17, 15) is 13.7 Å². The molecule has 0 aliphatic heterocycles. The Balaban J connectivity index is 1.20. The quantitative estimate of drug-likeness (QED) is 0.116. The Morgan fingerprint density at radius 2 is 1.00 bits per heavy atom. The minimum atomic E-state index is -4.81. The molecule has 0 aliphatic rings. The highest BCUT2D eigenvalue weighted by atomic mass is 28.3. The number of benzene rings is 10. The van der Waals surface area contributed by atoms with Crippen LogP contribution in [0, 0.1) is 0 Å². The molecule has 13 aromatic rings. The van der Waals surface area contributed by atoms with E-state index in [1.807, 2.05) is 0 Å². The lowest BCUT2D eigenvalue weighted by Gasteiger charge is -2.35. The van der Waals surface area contributed by atoms with E-state index in [1.54, 1.807) is 120 Å². The third kappa shape index (κ3) is 5.33. The summed E-state index contributed by atoms with van der Waals surface area (Å²) in [5.41, 5.74) is -0.656. The zero-order chi connectivity index (χ0) is 60.5. The highest BCUT2D eigenvalue weighted by Gasteiger charge is 2.41. The van der Waals surface area contributed by atoms with Gasteiger partial charge in [0.15, 0.2) is 13.7 Å². The topological polar surface area (TPSA) is 23.0 Å². The summed E-state index contributed by atoms with van der Waals surface area (Å²) in [6, 6.07) is 18.2. The highest BCUT2D eigenvalue weighted by molar-refractivity contribution is 7.19. The number of para-hydroxylation sites is 4. The summed E-state index contributed by atoms with van der Waals surface area (Å²) < 4.78 is 205. The average molecular weight is 854 g/mol. The molecule has 0 N–H and O–H groups in total. The third-order valence-electron chi connectivity index (χ3n) is 11.9. The molecule has 0 radical (unpaired) electrons. The van der Waals surface area contributed by atoms with Crippen molar-refractivity contribution in [1.82, 2.24) is 9.13 Å². The van der Waals surface area contributed by atoms with Gasteiger partial charge in [0.05, 0.1) is 61.9 Å². The van der Waals surface area contributed by atoms with Crippen LogP contribution in [-0.2, 0) is 0 Å². The summed E-state index contributed by atoms with van der Waals surface area (Å²) in [5, 5.41) is 1.37. The van der Waals surface area contributed by atoms with Gasteiger partial charge in [-0.1, -0.05) is 200 Å². The van der Waals surface area contributed by atoms with Crippen LogP contribution in [0.2, 0.25) is 0 Å². The maximum absolute atomic E-state index is 10.4. The number of furan rings is 1. The Hall–Kier alpha value is -8.18. The lowest BCUT2D eigenvalue weighted by atomic mass is 10.1. The number of fused-ring (bicyclic) bond motifs is 10. The Morgan fingerprint density at radius 1 is 0.406 bits per heavy atom. The first-order valence-electron chi connectivity index (χ1n) is 30.8. The molecule has 0 aliphatic carbocycles. The van der Waals surface area contributed by atoms with Crippen molar-refractivity contribution in [3.8, 4) is 22.5 Å². The van der Waals surface area contributed by atoms with E-state index in [2.05, 4.69) is 0 Å². The first-order valence-corrected chi connectivity index (χ1v) is 22.3. The molecule has 0 bridgehead atoms. The zero-order valence-electron chi connectivity index (χ0n) is 54.3. The lowest BCUT2D eigenvalue weighted by molar-refractivity contribution is 0.666. The SMILES string of the molecule is [2H]c1c([2H])c([2H])c(-c2c([2H])c([2H])c([2H])c([Si](c3ccccc3)(c3ccccc3)c3c([2H])c([2H])c(-n4c5ccccc5c5cc(-n6c7c([2H])c([2H])c([2H])c([2H])c7c7c([2H])c([2H])c([2H])c([2H])c76)c6oc7ccccc7c6c54)c([2H])c3[2H])c2[2H])c([2H])c1[2H]. The molecule has 0 fully saturated rings. The summed E-state index contributed by atoms with van der Waals surface area (Å²) in [4.78, 5) is 0. The fourth-order valence-electron chi connectivity index (χ4n) is 9.26. The van der Waals surface area contributed by atoms with E-state index in [0.29, 0.717) is 43.0 Å². The Morgan fingerprint density at radius 3 is 1.70 bits per heavy atom. The van der Waals surface area contributed by atoms with Gasteiger partial charge in [-0.15, -0.1) is 0 Å². The van der Waals surface area contributed by atoms with Gasteiger partial charge in [-0.3, -0.25) is 0 Å². The second-order valence-electron chi connectivity index (χ2n) is 15.2. The van der Waals surface area contributed by atoms with Gasteiger partial charge in [0.2, 0.25) is 0 Å². The van der Waals surface area contributed by atoms with Crippen LogP contribution in [0.5, 0.6) is 0 Å². The molecule has 3 heterocycles. The van der Waals surface area contributed by atoms with Gasteiger partial charge < -0.3 is 13.6 Å². The van der Waals surface area contributed by atoms with Gasteiger partial charge in [-0.25, -0.2) is 0 Å². The monoisotopic (exact) mass is 853 g/mol. The van der Waals surface area contributed by atoms with Crippen molar-refractivity contribution in [3.63, 3.8) is 0 Å². The number of nitrogens with zero attached hydrogens (tertiary/aromatic N) is 2. The maximum atomic E-state index is 10.4. The van der Waals surface area contributed by atoms with Crippen molar-refractivity contribution in [2.24, 2.45) is 0 Å². The number of aromatic nitrogens is 2. The minimum Gasteiger partial charge on any atom is -0.454 e. The van der Waals surface area contributed by atoms with Crippen LogP contribution in [0.3, 0.4) is 0 Å². The summed E-state index contributed by atoms with van der Waals surface area (Å²) in [5.74, 6) is 0. The Bertz CT molecular complexity index is 4980. The Kier molecular flexibility index (Phi) is 4.80. The normalized spacial score (nSPS) is 16.7. The van der Waals surface area contributed by atoms with Crippen LogP contribution in [0.25, 0.3) is 88.1 Å². The van der Waals surface area contributed by atoms with Crippen LogP contribution >= 0.6 is 0 Å². The van der Waals surface area contributed by atoms with E-state index in [1.165, 1.54) is 4.57 Å². The van der Waals surface area contributed by atoms with Crippen molar-refractivity contribution in [3.05, 3.63) is 242 Å². The fraction of sp³-hybridized carbons (Fsp3) is 0. The van der Waals surface area contributed by atoms with Gasteiger partial charge in [-0.05, 0) is 74.2 Å². The summed E-state index contributed by atoms with van der Waals surface area (Å²) in [6.45, 7) is 0. The molecule has 300 valence electrons. The van der Waals surface area contributed by atoms with Crippen molar-refractivity contribution in [2.45, 2.75) is 0 Å². The van der Waals surface area contributed by atoms with Crippen molar-refractivity contribution in [1.29, 1.82) is 0 Å². The highest BCUT2D eigenvalue weighted by Crippen LogP contribution is 2.45. The predicted molar refractivity (Wildman–Crippen MR) is 271 cm³/mol. The third-order valence-corrected chi connectivity index (χ3v) is 16.3. The van der Waals surface area contributed by atoms with Gasteiger partial charge in [-0.2, -0.15) is 0 Å². The first-order chi connectivity index (χ1) is 40.5. The molecule has 0 saturated carbocycles. The molecular formula is C60H40N2OSi. The standard InChI is InChI=1S/C60H40N2OSi/c1-4-19-41(20-5-1)42-21-18-26-47(39-42)64(44-22-6-2-7-23-44,45-24-8-3-9-25-45)46-37-35-43(36-38-46)61-53-31-14-12-29-50(53)52-40-56(60-58(59(52)61)51-30-13-17-34-57(51)63-60)62-54-32-15-10-27-48(54)49-28-11-16-33-55(49)62/h1-40H/i1D,4D,5D,10D,11D,15D,16D,18D,19D,20D,21D,26D,27D,28D,32D,33D,35D,36D,37D,38D,39D. The van der Waals surface area contributed by atoms with Crippen LogP contribution in [0.4, 0.5) is 0 Å². The van der Waals surface area contributed by atoms with Gasteiger partial charge >= 0.3 is 0 Å². The van der Waals surface area contributed by atoms with Crippen LogP contribution in [0.1, 0.15) is 28.8 Å².